The van der Waals surface area contributed by atoms with Crippen LogP contribution in [0.5, 0.6) is 0 Å². The summed E-state index contributed by atoms with van der Waals surface area (Å²) in [5.41, 5.74) is 1.45. The van der Waals surface area contributed by atoms with Gasteiger partial charge in [-0.2, -0.15) is 0 Å². The van der Waals surface area contributed by atoms with Crippen molar-refractivity contribution >= 4 is 38.9 Å². The van der Waals surface area contributed by atoms with E-state index in [0.29, 0.717) is 22.3 Å². The molecule has 0 aliphatic heterocycles. The molecule has 6 heteroatoms. The number of hydrogen-bond acceptors (Lipinski definition) is 2. The Labute approximate surface area is 135 Å². The number of halogens is 2. The molecule has 0 atom stereocenters. The maximum absolute atomic E-state index is 12.7. The molecule has 2 rings (SSSR count). The van der Waals surface area contributed by atoms with Crippen LogP contribution in [0.2, 0.25) is 10.0 Å². The number of sulfonamides is 1. The van der Waals surface area contributed by atoms with Crippen LogP contribution in [0.15, 0.2) is 47.4 Å². The fourth-order valence-electron chi connectivity index (χ4n) is 1.96. The van der Waals surface area contributed by atoms with Gasteiger partial charge in [0, 0.05) is 16.6 Å². The lowest BCUT2D eigenvalue weighted by Gasteiger charge is -2.23. The predicted octanol–water partition coefficient (Wildman–Crippen LogP) is 4.52. The quantitative estimate of drug-likeness (QED) is 0.818. The molecule has 0 saturated heterocycles. The highest BCUT2D eigenvalue weighted by molar-refractivity contribution is 7.92. The van der Waals surface area contributed by atoms with Crippen LogP contribution >= 0.6 is 23.2 Å². The molecule has 112 valence electrons. The summed E-state index contributed by atoms with van der Waals surface area (Å²) in [6.07, 6.45) is 0. The molecule has 2 aromatic carbocycles. The van der Waals surface area contributed by atoms with Crippen molar-refractivity contribution in [3.8, 4) is 0 Å². The smallest absolute Gasteiger partial charge is 0.264 e. The normalized spacial score (nSPS) is 11.4. The van der Waals surface area contributed by atoms with Crippen molar-refractivity contribution in [1.29, 1.82) is 0 Å². The first-order chi connectivity index (χ1) is 9.86. The van der Waals surface area contributed by atoms with Crippen LogP contribution in [0, 0.1) is 6.92 Å². The molecule has 0 aliphatic carbocycles. The zero-order chi connectivity index (χ0) is 15.6. The Balaban J connectivity index is 2.48. The minimum absolute atomic E-state index is 0.199. The van der Waals surface area contributed by atoms with Crippen LogP contribution in [0.3, 0.4) is 0 Å². The van der Waals surface area contributed by atoms with Crippen molar-refractivity contribution in [2.24, 2.45) is 0 Å². The first-order valence-corrected chi connectivity index (χ1v) is 8.60. The van der Waals surface area contributed by atoms with Gasteiger partial charge < -0.3 is 0 Å². The average molecular weight is 344 g/mol. The topological polar surface area (TPSA) is 37.4 Å². The molecule has 0 bridgehead atoms. The minimum atomic E-state index is -3.63. The molecule has 3 nitrogen and oxygen atoms in total. The summed E-state index contributed by atoms with van der Waals surface area (Å²) in [6, 6.07) is 11.3. The van der Waals surface area contributed by atoms with Gasteiger partial charge in [-0.25, -0.2) is 8.42 Å². The molecular weight excluding hydrogens is 329 g/mol. The van der Waals surface area contributed by atoms with Gasteiger partial charge in [0.05, 0.1) is 10.6 Å². The first kappa shape index (κ1) is 16.1. The van der Waals surface area contributed by atoms with Gasteiger partial charge in [0.1, 0.15) is 0 Å². The van der Waals surface area contributed by atoms with E-state index in [0.717, 1.165) is 5.56 Å². The van der Waals surface area contributed by atoms with Crippen LogP contribution in [-0.4, -0.2) is 15.0 Å². The predicted molar refractivity (Wildman–Crippen MR) is 87.8 cm³/mol. The lowest BCUT2D eigenvalue weighted by atomic mass is 10.2. The van der Waals surface area contributed by atoms with Crippen molar-refractivity contribution in [3.63, 3.8) is 0 Å². The fourth-order valence-corrected chi connectivity index (χ4v) is 3.73. The fraction of sp³-hybridized carbons (Fsp3) is 0.200. The lowest BCUT2D eigenvalue weighted by molar-refractivity contribution is 0.592. The molecule has 0 spiro atoms. The average Bonchev–Trinajstić information content (AvgIpc) is 2.44. The summed E-state index contributed by atoms with van der Waals surface area (Å²) in [7, 11) is -3.63. The third kappa shape index (κ3) is 3.34. The lowest BCUT2D eigenvalue weighted by Crippen LogP contribution is -2.30. The number of hydrogen-bond donors (Lipinski definition) is 0. The van der Waals surface area contributed by atoms with Crippen LogP contribution in [0.4, 0.5) is 5.69 Å². The summed E-state index contributed by atoms with van der Waals surface area (Å²) in [5, 5.41) is 1.03. The summed E-state index contributed by atoms with van der Waals surface area (Å²) in [5.74, 6) is 0. The Morgan fingerprint density at radius 3 is 2.19 bits per heavy atom. The van der Waals surface area contributed by atoms with E-state index >= 15 is 0 Å². The third-order valence-electron chi connectivity index (χ3n) is 3.13. The minimum Gasteiger partial charge on any atom is -0.267 e. The highest BCUT2D eigenvalue weighted by Crippen LogP contribution is 2.28. The van der Waals surface area contributed by atoms with E-state index in [9.17, 15) is 8.42 Å². The van der Waals surface area contributed by atoms with E-state index in [-0.39, 0.29) is 4.90 Å². The third-order valence-corrected chi connectivity index (χ3v) is 5.71. The second kappa shape index (κ2) is 6.26. The Bertz CT molecular complexity index is 743. The summed E-state index contributed by atoms with van der Waals surface area (Å²) < 4.78 is 26.7. The SMILES string of the molecule is CCN(c1ccc(C)c(Cl)c1)S(=O)(=O)c1ccc(Cl)cc1. The van der Waals surface area contributed by atoms with E-state index in [1.54, 1.807) is 37.3 Å². The summed E-state index contributed by atoms with van der Waals surface area (Å²) in [6.45, 7) is 3.96. The van der Waals surface area contributed by atoms with Gasteiger partial charge in [0.2, 0.25) is 0 Å². The van der Waals surface area contributed by atoms with E-state index in [2.05, 4.69) is 0 Å². The Hall–Kier alpha value is -1.23. The highest BCUT2D eigenvalue weighted by atomic mass is 35.5. The number of nitrogens with zero attached hydrogens (tertiary/aromatic N) is 1. The molecule has 2 aromatic rings. The second-order valence-corrected chi connectivity index (χ2v) is 7.26. The van der Waals surface area contributed by atoms with E-state index in [4.69, 9.17) is 23.2 Å². The molecular formula is C15H15Cl2NO2S. The van der Waals surface area contributed by atoms with Crippen molar-refractivity contribution in [3.05, 3.63) is 58.1 Å². The van der Waals surface area contributed by atoms with Gasteiger partial charge in [0.15, 0.2) is 0 Å². The van der Waals surface area contributed by atoms with Gasteiger partial charge in [-0.15, -0.1) is 0 Å². The molecule has 0 unspecified atom stereocenters. The Morgan fingerprint density at radius 1 is 1.05 bits per heavy atom. The molecule has 21 heavy (non-hydrogen) atoms. The van der Waals surface area contributed by atoms with E-state index in [1.807, 2.05) is 6.92 Å². The summed E-state index contributed by atoms with van der Waals surface area (Å²) >= 11 is 11.9. The molecule has 0 radical (unpaired) electrons. The van der Waals surface area contributed by atoms with Crippen molar-refractivity contribution < 1.29 is 8.42 Å². The maximum Gasteiger partial charge on any atom is 0.264 e. The number of aryl methyl sites for hydroxylation is 1. The molecule has 0 N–H and O–H groups in total. The summed E-state index contributed by atoms with van der Waals surface area (Å²) in [4.78, 5) is 0.199. The monoisotopic (exact) mass is 343 g/mol. The van der Waals surface area contributed by atoms with Gasteiger partial charge in [0.25, 0.3) is 10.0 Å². The Morgan fingerprint density at radius 2 is 1.67 bits per heavy atom. The second-order valence-electron chi connectivity index (χ2n) is 4.56. The van der Waals surface area contributed by atoms with E-state index in [1.165, 1.54) is 16.4 Å². The van der Waals surface area contributed by atoms with E-state index < -0.39 is 10.0 Å². The largest absolute Gasteiger partial charge is 0.267 e. The number of anilines is 1. The van der Waals surface area contributed by atoms with Crippen LogP contribution in [0.25, 0.3) is 0 Å². The number of benzene rings is 2. The van der Waals surface area contributed by atoms with Crippen molar-refractivity contribution in [2.75, 3.05) is 10.8 Å². The maximum atomic E-state index is 12.7. The standard InChI is InChI=1S/C15H15Cl2NO2S/c1-3-18(13-7-4-11(2)15(17)10-13)21(19,20)14-8-5-12(16)6-9-14/h4-10H,3H2,1-2H3. The zero-order valence-electron chi connectivity index (χ0n) is 11.7. The number of rotatable bonds is 4. The molecule has 0 amide bonds. The van der Waals surface area contributed by atoms with Crippen LogP contribution in [0.1, 0.15) is 12.5 Å². The molecule has 0 aliphatic rings. The molecule has 0 fully saturated rings. The van der Waals surface area contributed by atoms with Crippen LogP contribution in [-0.2, 0) is 10.0 Å². The van der Waals surface area contributed by atoms with Crippen molar-refractivity contribution in [2.45, 2.75) is 18.7 Å². The van der Waals surface area contributed by atoms with Gasteiger partial charge in [-0.05, 0) is 55.8 Å². The van der Waals surface area contributed by atoms with Gasteiger partial charge >= 0.3 is 0 Å². The highest BCUT2D eigenvalue weighted by Gasteiger charge is 2.23. The van der Waals surface area contributed by atoms with Gasteiger partial charge in [-0.1, -0.05) is 29.3 Å². The van der Waals surface area contributed by atoms with Crippen LogP contribution < -0.4 is 4.31 Å². The first-order valence-electron chi connectivity index (χ1n) is 6.40. The molecule has 0 heterocycles. The van der Waals surface area contributed by atoms with Gasteiger partial charge in [-0.3, -0.25) is 4.31 Å². The van der Waals surface area contributed by atoms with Crippen molar-refractivity contribution in [1.82, 2.24) is 0 Å². The Kier molecular flexibility index (Phi) is 4.81. The zero-order valence-corrected chi connectivity index (χ0v) is 14.0. The molecule has 0 saturated carbocycles. The molecule has 0 aromatic heterocycles.